The second-order valence-corrected chi connectivity index (χ2v) is 5.32. The molecule has 2 rings (SSSR count). The highest BCUT2D eigenvalue weighted by Crippen LogP contribution is 2.34. The fourth-order valence-electron chi connectivity index (χ4n) is 1.68. The van der Waals surface area contributed by atoms with E-state index in [-0.39, 0.29) is 12.0 Å². The zero-order valence-corrected chi connectivity index (χ0v) is 11.2. The van der Waals surface area contributed by atoms with Crippen molar-refractivity contribution in [2.75, 3.05) is 0 Å². The Hall–Kier alpha value is -0.970. The molecule has 1 heterocycles. The number of hydrogen-bond acceptors (Lipinski definition) is 2. The van der Waals surface area contributed by atoms with Gasteiger partial charge in [-0.2, -0.15) is 0 Å². The number of benzene rings is 1. The molecule has 2 aromatic rings. The van der Waals surface area contributed by atoms with E-state index in [0.29, 0.717) is 9.90 Å². The Morgan fingerprint density at radius 2 is 2.11 bits per heavy atom. The van der Waals surface area contributed by atoms with E-state index in [4.69, 9.17) is 11.6 Å². The van der Waals surface area contributed by atoms with Crippen LogP contribution in [0.25, 0.3) is 0 Å². The van der Waals surface area contributed by atoms with Gasteiger partial charge in [-0.1, -0.05) is 23.7 Å². The van der Waals surface area contributed by atoms with Gasteiger partial charge >= 0.3 is 0 Å². The number of thiophene rings is 1. The lowest BCUT2D eigenvalue weighted by atomic mass is 10.1. The van der Waals surface area contributed by atoms with Gasteiger partial charge in [-0.25, -0.2) is 8.78 Å². The monoisotopic (exact) mass is 288 g/mol. The SMILES string of the molecule is Cc1csc(C(O)Cc2cccc(F)c2F)c1Cl. The van der Waals surface area contributed by atoms with Crippen molar-refractivity contribution in [2.45, 2.75) is 19.4 Å². The van der Waals surface area contributed by atoms with Gasteiger partial charge in [0.15, 0.2) is 11.6 Å². The maximum absolute atomic E-state index is 13.5. The molecule has 1 aromatic carbocycles. The summed E-state index contributed by atoms with van der Waals surface area (Å²) in [6.45, 7) is 1.83. The summed E-state index contributed by atoms with van der Waals surface area (Å²) in [5.74, 6) is -1.82. The standard InChI is InChI=1S/C13H11ClF2OS/c1-7-6-18-13(11(7)14)10(17)5-8-3-2-4-9(15)12(8)16/h2-4,6,10,17H,5H2,1H3. The van der Waals surface area contributed by atoms with Crippen LogP contribution in [0.3, 0.4) is 0 Å². The number of aliphatic hydroxyl groups is 1. The van der Waals surface area contributed by atoms with Crippen LogP contribution in [-0.2, 0) is 6.42 Å². The van der Waals surface area contributed by atoms with Crippen molar-refractivity contribution in [1.29, 1.82) is 0 Å². The van der Waals surface area contributed by atoms with Gasteiger partial charge in [-0.3, -0.25) is 0 Å². The van der Waals surface area contributed by atoms with Gasteiger partial charge in [0.25, 0.3) is 0 Å². The number of rotatable bonds is 3. The summed E-state index contributed by atoms with van der Waals surface area (Å²) >= 11 is 7.34. The highest BCUT2D eigenvalue weighted by molar-refractivity contribution is 7.10. The smallest absolute Gasteiger partial charge is 0.162 e. The van der Waals surface area contributed by atoms with Gasteiger partial charge in [0, 0.05) is 6.42 Å². The topological polar surface area (TPSA) is 20.2 Å². The molecule has 1 aromatic heterocycles. The van der Waals surface area contributed by atoms with Crippen LogP contribution in [0.4, 0.5) is 8.78 Å². The molecular formula is C13H11ClF2OS. The molecule has 0 aliphatic heterocycles. The Balaban J connectivity index is 2.24. The molecule has 1 unspecified atom stereocenters. The molecule has 0 saturated heterocycles. The molecular weight excluding hydrogens is 278 g/mol. The fourth-order valence-corrected chi connectivity index (χ4v) is 2.99. The molecule has 0 bridgehead atoms. The zero-order valence-electron chi connectivity index (χ0n) is 9.58. The van der Waals surface area contributed by atoms with Crippen molar-refractivity contribution in [1.82, 2.24) is 0 Å². The molecule has 0 saturated carbocycles. The van der Waals surface area contributed by atoms with E-state index >= 15 is 0 Å². The van der Waals surface area contributed by atoms with Crippen molar-refractivity contribution in [2.24, 2.45) is 0 Å². The third kappa shape index (κ3) is 2.55. The molecule has 1 atom stereocenters. The Kier molecular flexibility index (Phi) is 4.00. The van der Waals surface area contributed by atoms with Crippen LogP contribution in [-0.4, -0.2) is 5.11 Å². The van der Waals surface area contributed by atoms with Crippen molar-refractivity contribution >= 4 is 22.9 Å². The summed E-state index contributed by atoms with van der Waals surface area (Å²) in [6, 6.07) is 3.92. The second-order valence-electron chi connectivity index (χ2n) is 4.03. The molecule has 0 amide bonds. The average Bonchev–Trinajstić information content (AvgIpc) is 2.66. The van der Waals surface area contributed by atoms with Crippen LogP contribution in [0.5, 0.6) is 0 Å². The maximum Gasteiger partial charge on any atom is 0.162 e. The van der Waals surface area contributed by atoms with Crippen molar-refractivity contribution in [3.63, 3.8) is 0 Å². The van der Waals surface area contributed by atoms with Crippen molar-refractivity contribution in [3.05, 3.63) is 56.2 Å². The number of hydrogen-bond donors (Lipinski definition) is 1. The lowest BCUT2D eigenvalue weighted by molar-refractivity contribution is 0.180. The summed E-state index contributed by atoms with van der Waals surface area (Å²) < 4.78 is 26.5. The Bertz CT molecular complexity index is 568. The van der Waals surface area contributed by atoms with Gasteiger partial charge in [0.2, 0.25) is 0 Å². The summed E-state index contributed by atoms with van der Waals surface area (Å²) in [7, 11) is 0. The highest BCUT2D eigenvalue weighted by atomic mass is 35.5. The Morgan fingerprint density at radius 1 is 1.39 bits per heavy atom. The molecule has 0 aliphatic carbocycles. The van der Waals surface area contributed by atoms with E-state index in [1.807, 2.05) is 12.3 Å². The van der Waals surface area contributed by atoms with E-state index in [0.717, 1.165) is 11.6 Å². The van der Waals surface area contributed by atoms with Crippen LogP contribution in [0.2, 0.25) is 5.02 Å². The van der Waals surface area contributed by atoms with Crippen molar-refractivity contribution in [3.8, 4) is 0 Å². The molecule has 18 heavy (non-hydrogen) atoms. The fraction of sp³-hybridized carbons (Fsp3) is 0.231. The first kappa shape index (κ1) is 13.5. The van der Waals surface area contributed by atoms with Crippen LogP contribution in [0, 0.1) is 18.6 Å². The molecule has 0 fully saturated rings. The van der Waals surface area contributed by atoms with Gasteiger partial charge in [-0.15, -0.1) is 11.3 Å². The summed E-state index contributed by atoms with van der Waals surface area (Å²) in [6.07, 6.45) is -0.920. The summed E-state index contributed by atoms with van der Waals surface area (Å²) in [5, 5.41) is 12.3. The minimum absolute atomic E-state index is 0.00324. The summed E-state index contributed by atoms with van der Waals surface area (Å²) in [4.78, 5) is 0.581. The van der Waals surface area contributed by atoms with E-state index in [1.165, 1.54) is 23.5 Å². The molecule has 1 N–H and O–H groups in total. The number of aryl methyl sites for hydroxylation is 1. The highest BCUT2D eigenvalue weighted by Gasteiger charge is 2.18. The van der Waals surface area contributed by atoms with Crippen LogP contribution in [0.15, 0.2) is 23.6 Å². The van der Waals surface area contributed by atoms with E-state index < -0.39 is 17.7 Å². The van der Waals surface area contributed by atoms with Crippen LogP contribution < -0.4 is 0 Å². The third-order valence-corrected chi connectivity index (χ3v) is 4.49. The number of halogens is 3. The zero-order chi connectivity index (χ0) is 13.3. The molecule has 1 nitrogen and oxygen atoms in total. The molecule has 0 aliphatic rings. The number of aliphatic hydroxyl groups excluding tert-OH is 1. The van der Waals surface area contributed by atoms with E-state index in [2.05, 4.69) is 0 Å². The molecule has 0 radical (unpaired) electrons. The summed E-state index contributed by atoms with van der Waals surface area (Å²) in [5.41, 5.74) is 1.01. The van der Waals surface area contributed by atoms with Gasteiger partial charge in [-0.05, 0) is 29.5 Å². The third-order valence-electron chi connectivity index (χ3n) is 2.67. The van der Waals surface area contributed by atoms with E-state index in [1.54, 1.807) is 0 Å². The molecule has 0 spiro atoms. The first-order valence-electron chi connectivity index (χ1n) is 5.35. The Morgan fingerprint density at radius 3 is 2.72 bits per heavy atom. The van der Waals surface area contributed by atoms with Crippen LogP contribution in [0.1, 0.15) is 22.1 Å². The minimum atomic E-state index is -0.924. The van der Waals surface area contributed by atoms with Gasteiger partial charge in [0.1, 0.15) is 0 Å². The first-order chi connectivity index (χ1) is 8.50. The predicted molar refractivity (Wildman–Crippen MR) is 69.1 cm³/mol. The predicted octanol–water partition coefficient (Wildman–Crippen LogP) is 4.26. The average molecular weight is 289 g/mol. The normalized spacial score (nSPS) is 12.7. The van der Waals surface area contributed by atoms with Gasteiger partial charge in [0.05, 0.1) is 16.0 Å². The quantitative estimate of drug-likeness (QED) is 0.894. The Labute approximate surface area is 113 Å². The van der Waals surface area contributed by atoms with Crippen molar-refractivity contribution < 1.29 is 13.9 Å². The lowest BCUT2D eigenvalue weighted by Crippen LogP contribution is -2.03. The largest absolute Gasteiger partial charge is 0.387 e. The minimum Gasteiger partial charge on any atom is -0.387 e. The molecule has 96 valence electrons. The second kappa shape index (κ2) is 5.34. The van der Waals surface area contributed by atoms with Gasteiger partial charge < -0.3 is 5.11 Å². The first-order valence-corrected chi connectivity index (χ1v) is 6.61. The molecule has 5 heteroatoms. The van der Waals surface area contributed by atoms with Crippen LogP contribution >= 0.6 is 22.9 Å². The lowest BCUT2D eigenvalue weighted by Gasteiger charge is -2.10. The van der Waals surface area contributed by atoms with E-state index in [9.17, 15) is 13.9 Å². The maximum atomic E-state index is 13.5.